The van der Waals surface area contributed by atoms with Gasteiger partial charge in [-0.05, 0) is 109 Å². The summed E-state index contributed by atoms with van der Waals surface area (Å²) in [7, 11) is 0. The lowest BCUT2D eigenvalue weighted by atomic mass is 10.0. The van der Waals surface area contributed by atoms with E-state index in [4.69, 9.17) is 14.2 Å². The summed E-state index contributed by atoms with van der Waals surface area (Å²) in [4.78, 5) is 37.9. The van der Waals surface area contributed by atoms with Crippen molar-refractivity contribution in [3.05, 3.63) is 109 Å². The minimum absolute atomic E-state index is 0.0923. The molecule has 0 aliphatic rings. The van der Waals surface area contributed by atoms with Gasteiger partial charge in [-0.15, -0.1) is 0 Å². The Morgan fingerprint density at radius 2 is 0.506 bits per heavy atom. The van der Waals surface area contributed by atoms with E-state index in [-0.39, 0.29) is 31.1 Å². The second-order valence-electron chi connectivity index (χ2n) is 21.3. The zero-order chi connectivity index (χ0) is 55.7. The molecule has 1 unspecified atom stereocenters. The van der Waals surface area contributed by atoms with Gasteiger partial charge in [0, 0.05) is 19.3 Å². The topological polar surface area (TPSA) is 78.9 Å². The van der Waals surface area contributed by atoms with Crippen LogP contribution in [0.1, 0.15) is 303 Å². The van der Waals surface area contributed by atoms with Crippen LogP contribution in [0.15, 0.2) is 109 Å². The highest BCUT2D eigenvalue weighted by atomic mass is 16.6. The van der Waals surface area contributed by atoms with Gasteiger partial charge in [0.05, 0.1) is 0 Å². The molecule has 0 aromatic rings. The number of rotatable bonds is 58. The number of carbonyl (C=O) groups is 3. The number of unbranched alkanes of at least 4 members (excludes halogenated alkanes) is 29. The summed E-state index contributed by atoms with van der Waals surface area (Å²) in [6.07, 6.45) is 88.7. The highest BCUT2D eigenvalue weighted by Crippen LogP contribution is 2.16. The molecule has 0 radical (unpaired) electrons. The molecule has 6 nitrogen and oxygen atoms in total. The number of ether oxygens (including phenoxy) is 3. The number of hydrogen-bond donors (Lipinski definition) is 0. The molecule has 0 bridgehead atoms. The Bertz CT molecular complexity index is 1560. The Morgan fingerprint density at radius 1 is 0.273 bits per heavy atom. The molecule has 440 valence electrons. The molecule has 0 aromatic carbocycles. The van der Waals surface area contributed by atoms with Crippen molar-refractivity contribution >= 4 is 17.9 Å². The van der Waals surface area contributed by atoms with Crippen molar-refractivity contribution in [2.75, 3.05) is 13.2 Å². The maximum atomic E-state index is 12.8. The lowest BCUT2D eigenvalue weighted by Crippen LogP contribution is -2.30. The third-order valence-electron chi connectivity index (χ3n) is 13.8. The molecule has 0 aliphatic carbocycles. The van der Waals surface area contributed by atoms with Crippen LogP contribution in [0.3, 0.4) is 0 Å². The molecule has 0 N–H and O–H groups in total. The first-order valence-corrected chi connectivity index (χ1v) is 32.4. The largest absolute Gasteiger partial charge is 0.462 e. The molecule has 0 saturated heterocycles. The normalized spacial score (nSPS) is 12.8. The summed E-state index contributed by atoms with van der Waals surface area (Å²) in [6, 6.07) is 0. The van der Waals surface area contributed by atoms with Crippen LogP contribution in [0.25, 0.3) is 0 Å². The molecule has 0 heterocycles. The van der Waals surface area contributed by atoms with Crippen LogP contribution in [0.4, 0.5) is 0 Å². The maximum absolute atomic E-state index is 12.8. The fraction of sp³-hybridized carbons (Fsp3) is 0.704. The smallest absolute Gasteiger partial charge is 0.306 e. The van der Waals surface area contributed by atoms with E-state index in [9.17, 15) is 14.4 Å². The van der Waals surface area contributed by atoms with Crippen molar-refractivity contribution in [1.82, 2.24) is 0 Å². The van der Waals surface area contributed by atoms with Crippen molar-refractivity contribution in [2.24, 2.45) is 0 Å². The monoisotopic (exact) mass is 1070 g/mol. The van der Waals surface area contributed by atoms with E-state index in [1.807, 2.05) is 0 Å². The zero-order valence-electron chi connectivity index (χ0n) is 50.4. The van der Waals surface area contributed by atoms with Crippen LogP contribution >= 0.6 is 0 Å². The molecule has 1 atom stereocenters. The third-order valence-corrected chi connectivity index (χ3v) is 13.8. The number of allylic oxidation sites excluding steroid dienone is 18. The van der Waals surface area contributed by atoms with Crippen LogP contribution in [0, 0.1) is 0 Å². The van der Waals surface area contributed by atoms with Crippen molar-refractivity contribution in [2.45, 2.75) is 309 Å². The molecule has 0 amide bonds. The summed E-state index contributed by atoms with van der Waals surface area (Å²) < 4.78 is 16.7. The average molecular weight is 1070 g/mol. The van der Waals surface area contributed by atoms with E-state index >= 15 is 0 Å². The Balaban J connectivity index is 4.12. The molecule has 0 rings (SSSR count). The average Bonchev–Trinajstić information content (AvgIpc) is 3.43. The van der Waals surface area contributed by atoms with Gasteiger partial charge in [-0.3, -0.25) is 14.4 Å². The quantitative estimate of drug-likeness (QED) is 0.0261. The van der Waals surface area contributed by atoms with E-state index in [1.54, 1.807) is 0 Å². The van der Waals surface area contributed by atoms with Crippen LogP contribution in [-0.2, 0) is 28.6 Å². The molecular formula is C71H120O6. The van der Waals surface area contributed by atoms with Crippen LogP contribution < -0.4 is 0 Å². The maximum Gasteiger partial charge on any atom is 0.306 e. The Labute approximate surface area is 476 Å². The fourth-order valence-electron chi connectivity index (χ4n) is 8.92. The van der Waals surface area contributed by atoms with Gasteiger partial charge >= 0.3 is 17.9 Å². The summed E-state index contributed by atoms with van der Waals surface area (Å²) in [5.74, 6) is -0.946. The van der Waals surface area contributed by atoms with Crippen LogP contribution in [0.5, 0.6) is 0 Å². The third kappa shape index (κ3) is 62.8. The van der Waals surface area contributed by atoms with Gasteiger partial charge < -0.3 is 14.2 Å². The molecule has 6 heteroatoms. The molecular weight excluding hydrogens is 949 g/mol. The van der Waals surface area contributed by atoms with Gasteiger partial charge in [0.2, 0.25) is 0 Å². The van der Waals surface area contributed by atoms with Gasteiger partial charge in [-0.2, -0.15) is 0 Å². The molecule has 0 saturated carbocycles. The van der Waals surface area contributed by atoms with Gasteiger partial charge in [-0.25, -0.2) is 0 Å². The first-order valence-electron chi connectivity index (χ1n) is 32.4. The van der Waals surface area contributed by atoms with Crippen molar-refractivity contribution in [3.63, 3.8) is 0 Å². The summed E-state index contributed by atoms with van der Waals surface area (Å²) in [5.41, 5.74) is 0. The van der Waals surface area contributed by atoms with Crippen LogP contribution in [0.2, 0.25) is 0 Å². The lowest BCUT2D eigenvalue weighted by molar-refractivity contribution is -0.167. The SMILES string of the molecule is CC/C=C\C/C=C\C/C=C\C/C=C\C/C=C\C/C=C\C/C=C\C/C=C\CCCCC(=O)OCC(COC(=O)CCCCCCC)OC(=O)CCCCCCCCCCCCCCCCC/C=C\CCCCCCCCCC. The van der Waals surface area contributed by atoms with Gasteiger partial charge in [0.1, 0.15) is 13.2 Å². The standard InChI is InChI=1S/C71H120O6/c1-4-7-10-13-15-17-19-21-23-25-27-29-31-33-35-37-39-41-43-45-47-49-51-53-55-58-61-64-70(73)76-67-68(66-75-69(72)63-60-57-12-9-6-3)77-71(74)65-62-59-56-54-52-50-48-46-44-42-40-38-36-34-32-30-28-26-24-22-20-18-16-14-11-8-5-2/h7,10,15,17,21,23,26-29,33,35,39,41,45,47,51,53,68H,4-6,8-9,11-14,16,18-20,22,24-25,30-32,34,36-38,40,42-44,46,48-50,52,54-67H2,1-3H3/b10-7-,17-15-,23-21-,28-26-,29-27-,35-33-,41-39-,47-45-,53-51-. The Kier molecular flexibility index (Phi) is 61.3. The summed E-state index contributed by atoms with van der Waals surface area (Å²) >= 11 is 0. The number of esters is 3. The number of hydrogen-bond acceptors (Lipinski definition) is 6. The minimum Gasteiger partial charge on any atom is -0.462 e. The summed E-state index contributed by atoms with van der Waals surface area (Å²) in [6.45, 7) is 6.42. The van der Waals surface area contributed by atoms with Crippen molar-refractivity contribution in [3.8, 4) is 0 Å². The molecule has 0 aromatic heterocycles. The first-order chi connectivity index (χ1) is 38.0. The predicted octanol–water partition coefficient (Wildman–Crippen LogP) is 22.2. The predicted molar refractivity (Wildman–Crippen MR) is 334 cm³/mol. The van der Waals surface area contributed by atoms with E-state index < -0.39 is 6.10 Å². The van der Waals surface area contributed by atoms with Gasteiger partial charge in [-0.1, -0.05) is 284 Å². The second-order valence-corrected chi connectivity index (χ2v) is 21.3. The van der Waals surface area contributed by atoms with Gasteiger partial charge in [0.15, 0.2) is 6.10 Å². The lowest BCUT2D eigenvalue weighted by Gasteiger charge is -2.18. The summed E-state index contributed by atoms with van der Waals surface area (Å²) in [5, 5.41) is 0. The van der Waals surface area contributed by atoms with Crippen molar-refractivity contribution in [1.29, 1.82) is 0 Å². The second kappa shape index (κ2) is 64.6. The number of carbonyl (C=O) groups excluding carboxylic acids is 3. The van der Waals surface area contributed by atoms with E-state index in [0.717, 1.165) is 122 Å². The highest BCUT2D eigenvalue weighted by Gasteiger charge is 2.19. The Hall–Kier alpha value is -3.93. The minimum atomic E-state index is -0.794. The fourth-order valence-corrected chi connectivity index (χ4v) is 8.92. The van der Waals surface area contributed by atoms with E-state index in [1.165, 1.54) is 141 Å². The van der Waals surface area contributed by atoms with Gasteiger partial charge in [0.25, 0.3) is 0 Å². The van der Waals surface area contributed by atoms with E-state index in [2.05, 4.69) is 130 Å². The molecule has 0 fully saturated rings. The van der Waals surface area contributed by atoms with Crippen molar-refractivity contribution < 1.29 is 28.6 Å². The highest BCUT2D eigenvalue weighted by molar-refractivity contribution is 5.71. The molecule has 0 aliphatic heterocycles. The first kappa shape index (κ1) is 73.1. The zero-order valence-corrected chi connectivity index (χ0v) is 50.4. The molecule has 77 heavy (non-hydrogen) atoms. The molecule has 0 spiro atoms. The Morgan fingerprint density at radius 3 is 0.831 bits per heavy atom. The van der Waals surface area contributed by atoms with Crippen LogP contribution in [-0.4, -0.2) is 37.2 Å². The van der Waals surface area contributed by atoms with E-state index in [0.29, 0.717) is 19.3 Å².